The van der Waals surface area contributed by atoms with Gasteiger partial charge in [-0.1, -0.05) is 31.5 Å². The second-order valence-corrected chi connectivity index (χ2v) is 7.78. The SMILES string of the molecule is CCC(CC)N1CCCc2c1cc(C)nc2Nc1c(C)cc(C)cc1C. The summed E-state index contributed by atoms with van der Waals surface area (Å²) in [6, 6.07) is 7.39. The molecule has 1 aliphatic heterocycles. The molecular weight excluding hydrogens is 318 g/mol. The van der Waals surface area contributed by atoms with Crippen LogP contribution in [-0.4, -0.2) is 17.6 Å². The van der Waals surface area contributed by atoms with Crippen LogP contribution in [0.4, 0.5) is 17.2 Å². The molecule has 3 rings (SSSR count). The number of hydrogen-bond acceptors (Lipinski definition) is 3. The summed E-state index contributed by atoms with van der Waals surface area (Å²) in [6.07, 6.45) is 4.69. The molecule has 1 aliphatic rings. The van der Waals surface area contributed by atoms with Crippen molar-refractivity contribution in [2.75, 3.05) is 16.8 Å². The third-order valence-corrected chi connectivity index (χ3v) is 5.67. The van der Waals surface area contributed by atoms with Gasteiger partial charge >= 0.3 is 0 Å². The number of hydrogen-bond donors (Lipinski definition) is 1. The Balaban J connectivity index is 2.05. The highest BCUT2D eigenvalue weighted by molar-refractivity contribution is 5.73. The summed E-state index contributed by atoms with van der Waals surface area (Å²) in [7, 11) is 0. The van der Waals surface area contributed by atoms with Gasteiger partial charge in [0.25, 0.3) is 0 Å². The molecule has 3 nitrogen and oxygen atoms in total. The summed E-state index contributed by atoms with van der Waals surface area (Å²) in [4.78, 5) is 7.51. The molecule has 26 heavy (non-hydrogen) atoms. The van der Waals surface area contributed by atoms with Crippen LogP contribution in [0.15, 0.2) is 18.2 Å². The highest BCUT2D eigenvalue weighted by atomic mass is 15.2. The number of fused-ring (bicyclic) bond motifs is 1. The summed E-state index contributed by atoms with van der Waals surface area (Å²) in [5.74, 6) is 1.05. The first-order valence-corrected chi connectivity index (χ1v) is 10.1. The molecule has 0 fully saturated rings. The van der Waals surface area contributed by atoms with E-state index in [-0.39, 0.29) is 0 Å². The van der Waals surface area contributed by atoms with E-state index in [4.69, 9.17) is 4.98 Å². The number of aryl methyl sites for hydroxylation is 4. The van der Waals surface area contributed by atoms with Gasteiger partial charge in [-0.25, -0.2) is 4.98 Å². The van der Waals surface area contributed by atoms with Crippen LogP contribution in [0.3, 0.4) is 0 Å². The zero-order valence-electron chi connectivity index (χ0n) is 17.2. The van der Waals surface area contributed by atoms with E-state index in [0.717, 1.165) is 24.5 Å². The van der Waals surface area contributed by atoms with Gasteiger partial charge in [-0.3, -0.25) is 0 Å². The molecule has 0 spiro atoms. The van der Waals surface area contributed by atoms with Crippen molar-refractivity contribution < 1.29 is 0 Å². The Morgan fingerprint density at radius 3 is 2.31 bits per heavy atom. The third-order valence-electron chi connectivity index (χ3n) is 5.67. The van der Waals surface area contributed by atoms with E-state index >= 15 is 0 Å². The van der Waals surface area contributed by atoms with Crippen LogP contribution >= 0.6 is 0 Å². The number of aromatic nitrogens is 1. The third kappa shape index (κ3) is 3.58. The van der Waals surface area contributed by atoms with Crippen LogP contribution in [0.5, 0.6) is 0 Å². The lowest BCUT2D eigenvalue weighted by Crippen LogP contribution is -2.38. The van der Waals surface area contributed by atoms with Crippen molar-refractivity contribution in [3.8, 4) is 0 Å². The summed E-state index contributed by atoms with van der Waals surface area (Å²) >= 11 is 0. The van der Waals surface area contributed by atoms with Gasteiger partial charge in [0.15, 0.2) is 0 Å². The van der Waals surface area contributed by atoms with E-state index in [2.05, 4.69) is 70.0 Å². The predicted octanol–water partition coefficient (Wildman–Crippen LogP) is 6.00. The first kappa shape index (κ1) is 18.8. The number of nitrogens with zero attached hydrogens (tertiary/aromatic N) is 2. The zero-order chi connectivity index (χ0) is 18.8. The second kappa shape index (κ2) is 7.69. The number of pyridine rings is 1. The van der Waals surface area contributed by atoms with Gasteiger partial charge in [-0.2, -0.15) is 0 Å². The van der Waals surface area contributed by atoms with Crippen molar-refractivity contribution in [1.29, 1.82) is 0 Å². The maximum absolute atomic E-state index is 4.89. The van der Waals surface area contributed by atoms with Gasteiger partial charge in [0.05, 0.1) is 0 Å². The van der Waals surface area contributed by atoms with Crippen LogP contribution in [0.2, 0.25) is 0 Å². The quantitative estimate of drug-likeness (QED) is 0.716. The Morgan fingerprint density at radius 1 is 1.04 bits per heavy atom. The van der Waals surface area contributed by atoms with E-state index in [1.807, 2.05) is 0 Å². The van der Waals surface area contributed by atoms with Gasteiger partial charge in [-0.15, -0.1) is 0 Å². The topological polar surface area (TPSA) is 28.2 Å². The first-order chi connectivity index (χ1) is 12.4. The van der Waals surface area contributed by atoms with Gasteiger partial charge in [0.2, 0.25) is 0 Å². The Morgan fingerprint density at radius 2 is 1.69 bits per heavy atom. The fourth-order valence-electron chi connectivity index (χ4n) is 4.44. The molecule has 140 valence electrons. The average molecular weight is 352 g/mol. The molecule has 0 aliphatic carbocycles. The lowest BCUT2D eigenvalue weighted by atomic mass is 9.97. The normalized spacial score (nSPS) is 13.9. The lowest BCUT2D eigenvalue weighted by molar-refractivity contribution is 0.532. The Labute approximate surface area is 158 Å². The fraction of sp³-hybridized carbons (Fsp3) is 0.522. The van der Waals surface area contributed by atoms with Gasteiger partial charge in [0.1, 0.15) is 5.82 Å². The van der Waals surface area contributed by atoms with Crippen molar-refractivity contribution in [3.63, 3.8) is 0 Å². The van der Waals surface area contributed by atoms with Crippen molar-refractivity contribution in [3.05, 3.63) is 46.1 Å². The van der Waals surface area contributed by atoms with E-state index < -0.39 is 0 Å². The summed E-state index contributed by atoms with van der Waals surface area (Å²) in [5.41, 5.74) is 8.95. The summed E-state index contributed by atoms with van der Waals surface area (Å²) in [6.45, 7) is 14.4. The molecule has 2 heterocycles. The fourth-order valence-corrected chi connectivity index (χ4v) is 4.44. The highest BCUT2D eigenvalue weighted by Gasteiger charge is 2.25. The predicted molar refractivity (Wildman–Crippen MR) is 113 cm³/mol. The van der Waals surface area contributed by atoms with Crippen LogP contribution in [-0.2, 0) is 6.42 Å². The molecule has 1 aromatic heterocycles. The Hall–Kier alpha value is -2.03. The largest absolute Gasteiger partial charge is 0.368 e. The molecule has 2 aromatic rings. The van der Waals surface area contributed by atoms with Gasteiger partial charge in [0, 0.05) is 35.2 Å². The van der Waals surface area contributed by atoms with Crippen LogP contribution < -0.4 is 10.2 Å². The number of benzene rings is 1. The number of anilines is 3. The number of rotatable bonds is 5. The summed E-state index contributed by atoms with van der Waals surface area (Å²) < 4.78 is 0. The minimum atomic E-state index is 0.617. The van der Waals surface area contributed by atoms with Crippen molar-refractivity contribution in [2.24, 2.45) is 0 Å². The minimum absolute atomic E-state index is 0.617. The van der Waals surface area contributed by atoms with Crippen molar-refractivity contribution in [2.45, 2.75) is 73.3 Å². The Kier molecular flexibility index (Phi) is 5.55. The molecular formula is C23H33N3. The Bertz CT molecular complexity index is 767. The highest BCUT2D eigenvalue weighted by Crippen LogP contribution is 2.37. The number of nitrogens with one attached hydrogen (secondary N) is 1. The molecule has 0 unspecified atom stereocenters. The van der Waals surface area contributed by atoms with E-state index in [0.29, 0.717) is 6.04 Å². The molecule has 0 atom stereocenters. The standard InChI is InChI=1S/C23H33N3/c1-7-19(8-2)26-11-9-10-20-21(26)14-18(6)24-23(20)25-22-16(4)12-15(3)13-17(22)5/h12-14,19H,7-11H2,1-6H3,(H,24,25). The van der Waals surface area contributed by atoms with Crippen LogP contribution in [0, 0.1) is 27.7 Å². The molecule has 0 bridgehead atoms. The minimum Gasteiger partial charge on any atom is -0.368 e. The molecule has 0 radical (unpaired) electrons. The van der Waals surface area contributed by atoms with E-state index in [1.165, 1.54) is 52.9 Å². The second-order valence-electron chi connectivity index (χ2n) is 7.78. The van der Waals surface area contributed by atoms with Crippen molar-refractivity contribution in [1.82, 2.24) is 4.98 Å². The zero-order valence-corrected chi connectivity index (χ0v) is 17.2. The average Bonchev–Trinajstić information content (AvgIpc) is 2.59. The van der Waals surface area contributed by atoms with E-state index in [9.17, 15) is 0 Å². The molecule has 1 N–H and O–H groups in total. The van der Waals surface area contributed by atoms with Crippen LogP contribution in [0.25, 0.3) is 0 Å². The van der Waals surface area contributed by atoms with Crippen molar-refractivity contribution >= 4 is 17.2 Å². The van der Waals surface area contributed by atoms with Gasteiger partial charge in [-0.05, 0) is 70.6 Å². The maximum atomic E-state index is 4.89. The molecule has 0 amide bonds. The van der Waals surface area contributed by atoms with E-state index in [1.54, 1.807) is 0 Å². The van der Waals surface area contributed by atoms with Crippen LogP contribution in [0.1, 0.15) is 61.1 Å². The lowest BCUT2D eigenvalue weighted by Gasteiger charge is -2.38. The molecule has 0 saturated heterocycles. The maximum Gasteiger partial charge on any atom is 0.135 e. The monoisotopic (exact) mass is 351 g/mol. The smallest absolute Gasteiger partial charge is 0.135 e. The molecule has 0 saturated carbocycles. The molecule has 1 aromatic carbocycles. The van der Waals surface area contributed by atoms with Gasteiger partial charge < -0.3 is 10.2 Å². The first-order valence-electron chi connectivity index (χ1n) is 10.1. The summed E-state index contributed by atoms with van der Waals surface area (Å²) in [5, 5.41) is 3.69. The molecule has 3 heteroatoms.